The quantitative estimate of drug-likeness (QED) is 0.488. The van der Waals surface area contributed by atoms with Gasteiger partial charge >= 0.3 is 27.3 Å². The fraction of sp³-hybridized carbons (Fsp3) is 1.00. The number of ether oxygens (including phenoxy) is 1. The molecule has 0 spiro atoms. The van der Waals surface area contributed by atoms with Gasteiger partial charge in [-0.15, -0.1) is 0 Å². The lowest BCUT2D eigenvalue weighted by Crippen LogP contribution is -2.56. The second-order valence-corrected chi connectivity index (χ2v) is 4.66. The zero-order valence-electron chi connectivity index (χ0n) is 7.44. The summed E-state index contributed by atoms with van der Waals surface area (Å²) in [5.41, 5.74) is 0. The van der Waals surface area contributed by atoms with Gasteiger partial charge in [0.25, 0.3) is 0 Å². The minimum absolute atomic E-state index is 2.39. The van der Waals surface area contributed by atoms with Crippen LogP contribution in [0.1, 0.15) is 0 Å². The van der Waals surface area contributed by atoms with Crippen LogP contribution < -0.4 is 0 Å². The number of rotatable bonds is 5. The van der Waals surface area contributed by atoms with Crippen molar-refractivity contribution in [3.63, 3.8) is 0 Å². The van der Waals surface area contributed by atoms with Crippen molar-refractivity contribution in [1.82, 2.24) is 0 Å². The molecular formula is C5Cl4F8O. The van der Waals surface area contributed by atoms with E-state index in [2.05, 4.69) is 51.1 Å². The highest BCUT2D eigenvalue weighted by Crippen LogP contribution is 2.54. The Kier molecular flexibility index (Phi) is 4.99. The van der Waals surface area contributed by atoms with E-state index in [4.69, 9.17) is 0 Å². The van der Waals surface area contributed by atoms with Crippen LogP contribution in [-0.2, 0) is 4.74 Å². The zero-order chi connectivity index (χ0) is 15.2. The van der Waals surface area contributed by atoms with E-state index in [-0.39, 0.29) is 0 Å². The van der Waals surface area contributed by atoms with E-state index in [1.54, 1.807) is 0 Å². The second-order valence-electron chi connectivity index (χ2n) is 2.71. The molecule has 0 heterocycles. The van der Waals surface area contributed by atoms with Gasteiger partial charge in [-0.3, -0.25) is 4.74 Å². The molecule has 0 fully saturated rings. The van der Waals surface area contributed by atoms with Gasteiger partial charge in [-0.05, 0) is 34.8 Å². The summed E-state index contributed by atoms with van der Waals surface area (Å²) in [6, 6.07) is 0. The lowest BCUT2D eigenvalue weighted by molar-refractivity contribution is -0.380. The minimum atomic E-state index is -5.95. The van der Waals surface area contributed by atoms with E-state index in [1.165, 1.54) is 0 Å². The van der Waals surface area contributed by atoms with Crippen molar-refractivity contribution in [2.45, 2.75) is 27.3 Å². The molecule has 0 aliphatic heterocycles. The zero-order valence-corrected chi connectivity index (χ0v) is 10.5. The maximum absolute atomic E-state index is 13.0. The van der Waals surface area contributed by atoms with Gasteiger partial charge in [0.05, 0.1) is 0 Å². The van der Waals surface area contributed by atoms with E-state index in [0.29, 0.717) is 0 Å². The Labute approximate surface area is 114 Å². The summed E-state index contributed by atoms with van der Waals surface area (Å²) in [5.74, 6) is 0. The molecule has 0 saturated carbocycles. The standard InChI is InChI=1S/C5Cl4F8O/c6-1(10,2(7,11)12)4(9,15)18-5(16,17)3(8,13)14. The number of alkyl halides is 12. The van der Waals surface area contributed by atoms with Crippen LogP contribution in [0.4, 0.5) is 35.1 Å². The molecule has 0 radical (unpaired) electrons. The first-order valence-corrected chi connectivity index (χ1v) is 4.94. The molecule has 2 unspecified atom stereocenters. The molecule has 110 valence electrons. The van der Waals surface area contributed by atoms with Gasteiger partial charge in [0.15, 0.2) is 0 Å². The van der Waals surface area contributed by atoms with E-state index >= 15 is 0 Å². The van der Waals surface area contributed by atoms with Gasteiger partial charge in [0.1, 0.15) is 0 Å². The molecule has 0 saturated heterocycles. The number of halogens is 12. The van der Waals surface area contributed by atoms with Crippen molar-refractivity contribution in [3.05, 3.63) is 0 Å². The van der Waals surface area contributed by atoms with Crippen LogP contribution in [0.25, 0.3) is 0 Å². The number of hydrogen-bond donors (Lipinski definition) is 0. The summed E-state index contributed by atoms with van der Waals surface area (Å²) in [6.07, 6.45) is -5.95. The lowest BCUT2D eigenvalue weighted by Gasteiger charge is -2.34. The predicted octanol–water partition coefficient (Wildman–Crippen LogP) is 5.03. The van der Waals surface area contributed by atoms with Crippen LogP contribution in [0, 0.1) is 0 Å². The molecule has 0 aromatic rings. The van der Waals surface area contributed by atoms with E-state index < -0.39 is 27.3 Å². The second kappa shape index (κ2) is 4.83. The summed E-state index contributed by atoms with van der Waals surface area (Å²) in [7, 11) is 0. The Morgan fingerprint density at radius 1 is 0.611 bits per heavy atom. The Bertz CT molecular complexity index is 308. The fourth-order valence-electron chi connectivity index (χ4n) is 0.448. The molecule has 0 aliphatic carbocycles. The first kappa shape index (κ1) is 18.6. The van der Waals surface area contributed by atoms with E-state index in [1.807, 2.05) is 0 Å². The van der Waals surface area contributed by atoms with Gasteiger partial charge in [0, 0.05) is 0 Å². The third-order valence-corrected chi connectivity index (χ3v) is 2.80. The normalized spacial score (nSPS) is 21.3. The molecular weight excluding hydrogens is 370 g/mol. The van der Waals surface area contributed by atoms with Crippen LogP contribution >= 0.6 is 46.4 Å². The lowest BCUT2D eigenvalue weighted by atomic mass is 10.4. The van der Waals surface area contributed by atoms with Crippen molar-refractivity contribution < 1.29 is 39.9 Å². The Morgan fingerprint density at radius 2 is 0.944 bits per heavy atom. The van der Waals surface area contributed by atoms with Crippen LogP contribution in [0.5, 0.6) is 0 Å². The first-order chi connectivity index (χ1) is 7.46. The smallest absolute Gasteiger partial charge is 0.259 e. The molecule has 18 heavy (non-hydrogen) atoms. The summed E-state index contributed by atoms with van der Waals surface area (Å²) in [5, 5.41) is -21.5. The summed E-state index contributed by atoms with van der Waals surface area (Å²) in [6.45, 7) is 0. The highest BCUT2D eigenvalue weighted by atomic mass is 35.5. The van der Waals surface area contributed by atoms with Gasteiger partial charge in [0.2, 0.25) is 0 Å². The largest absolute Gasteiger partial charge is 0.438 e. The first-order valence-electron chi connectivity index (χ1n) is 3.43. The molecule has 0 N–H and O–H groups in total. The Hall–Kier alpha value is 0.560. The van der Waals surface area contributed by atoms with E-state index in [9.17, 15) is 35.1 Å². The molecule has 0 amide bonds. The van der Waals surface area contributed by atoms with Gasteiger partial charge in [-0.25, -0.2) is 4.39 Å². The maximum atomic E-state index is 13.0. The van der Waals surface area contributed by atoms with E-state index in [0.717, 1.165) is 0 Å². The van der Waals surface area contributed by atoms with Crippen LogP contribution in [-0.4, -0.2) is 27.3 Å². The van der Waals surface area contributed by atoms with Crippen molar-refractivity contribution in [2.24, 2.45) is 0 Å². The van der Waals surface area contributed by atoms with Crippen LogP contribution in [0.15, 0.2) is 0 Å². The highest BCUT2D eigenvalue weighted by molar-refractivity contribution is 6.38. The number of hydrogen-bond acceptors (Lipinski definition) is 1. The molecule has 1 nitrogen and oxygen atoms in total. The Morgan fingerprint density at radius 3 is 1.17 bits per heavy atom. The topological polar surface area (TPSA) is 9.23 Å². The molecule has 0 bridgehead atoms. The average Bonchev–Trinajstić information content (AvgIpc) is 1.96. The summed E-state index contributed by atoms with van der Waals surface area (Å²) >= 11 is 16.0. The van der Waals surface area contributed by atoms with Gasteiger partial charge in [-0.2, -0.15) is 30.7 Å². The average molecular weight is 370 g/mol. The van der Waals surface area contributed by atoms with Crippen LogP contribution in [0.2, 0.25) is 0 Å². The predicted molar refractivity (Wildman–Crippen MR) is 47.0 cm³/mol. The van der Waals surface area contributed by atoms with Crippen molar-refractivity contribution in [2.75, 3.05) is 0 Å². The van der Waals surface area contributed by atoms with Crippen LogP contribution in [0.3, 0.4) is 0 Å². The third kappa shape index (κ3) is 3.56. The molecule has 0 aliphatic rings. The molecule has 2 atom stereocenters. The highest BCUT2D eigenvalue weighted by Gasteiger charge is 2.73. The van der Waals surface area contributed by atoms with Gasteiger partial charge < -0.3 is 0 Å². The molecule has 0 aromatic heterocycles. The molecule has 0 aromatic carbocycles. The van der Waals surface area contributed by atoms with Crippen molar-refractivity contribution in [1.29, 1.82) is 0 Å². The van der Waals surface area contributed by atoms with Gasteiger partial charge in [-0.1, -0.05) is 11.6 Å². The third-order valence-electron chi connectivity index (χ3n) is 1.31. The summed E-state index contributed by atoms with van der Waals surface area (Å²) in [4.78, 5) is 0. The monoisotopic (exact) mass is 368 g/mol. The SMILES string of the molecule is FC(F)(Cl)C(F)(F)OC(F)(Cl)C(F)(Cl)C(F)(F)Cl. The Balaban J connectivity index is 5.33. The minimum Gasteiger partial charge on any atom is -0.259 e. The summed E-state index contributed by atoms with van der Waals surface area (Å²) < 4.78 is 102. The van der Waals surface area contributed by atoms with Crippen molar-refractivity contribution in [3.8, 4) is 0 Å². The fourth-order valence-corrected chi connectivity index (χ4v) is 0.911. The maximum Gasteiger partial charge on any atom is 0.438 e. The molecule has 13 heteroatoms. The van der Waals surface area contributed by atoms with Crippen molar-refractivity contribution >= 4 is 46.4 Å². The molecule has 0 rings (SSSR count).